The van der Waals surface area contributed by atoms with Gasteiger partial charge in [-0.3, -0.25) is 4.90 Å². The number of piperazine rings is 1. The topological polar surface area (TPSA) is 43.0 Å². The molecule has 5 heteroatoms. The molecule has 0 aliphatic carbocycles. The van der Waals surface area contributed by atoms with Crippen LogP contribution < -0.4 is 14.8 Å². The number of hydrogen-bond donors (Lipinski definition) is 1. The summed E-state index contributed by atoms with van der Waals surface area (Å²) in [5, 5.41) is 3.32. The van der Waals surface area contributed by atoms with E-state index in [4.69, 9.17) is 14.2 Å². The molecule has 0 bridgehead atoms. The number of nitrogens with one attached hydrogen (secondary N) is 1. The fraction of sp³-hybridized carbons (Fsp3) is 0.571. The Morgan fingerprint density at radius 2 is 2.00 bits per heavy atom. The third-order valence-corrected chi connectivity index (χ3v) is 3.35. The molecule has 5 nitrogen and oxygen atoms in total. The zero-order valence-corrected chi connectivity index (χ0v) is 11.0. The molecule has 1 atom stereocenters. The van der Waals surface area contributed by atoms with Crippen molar-refractivity contribution in [3.05, 3.63) is 24.3 Å². The second-order valence-electron chi connectivity index (χ2n) is 4.87. The lowest BCUT2D eigenvalue weighted by atomic mass is 10.3. The second-order valence-corrected chi connectivity index (χ2v) is 4.87. The monoisotopic (exact) mass is 264 g/mol. The third kappa shape index (κ3) is 3.37. The van der Waals surface area contributed by atoms with Crippen LogP contribution in [-0.4, -0.2) is 57.1 Å². The number of rotatable bonds is 4. The van der Waals surface area contributed by atoms with Crippen LogP contribution in [0.5, 0.6) is 11.5 Å². The Bertz CT molecular complexity index is 407. The summed E-state index contributed by atoms with van der Waals surface area (Å²) in [4.78, 5) is 2.30. The molecule has 1 saturated heterocycles. The molecule has 3 rings (SSSR count). The van der Waals surface area contributed by atoms with E-state index in [1.165, 1.54) is 0 Å². The van der Waals surface area contributed by atoms with Crippen LogP contribution in [0.2, 0.25) is 0 Å². The summed E-state index contributed by atoms with van der Waals surface area (Å²) in [5.74, 6) is 1.63. The molecule has 0 saturated carbocycles. The van der Waals surface area contributed by atoms with E-state index in [9.17, 15) is 0 Å². The molecule has 1 aromatic rings. The zero-order valence-electron chi connectivity index (χ0n) is 11.0. The normalized spacial score (nSPS) is 23.3. The molecule has 0 radical (unpaired) electrons. The van der Waals surface area contributed by atoms with E-state index in [0.29, 0.717) is 19.9 Å². The quantitative estimate of drug-likeness (QED) is 0.867. The lowest BCUT2D eigenvalue weighted by Gasteiger charge is -2.29. The first kappa shape index (κ1) is 12.7. The molecule has 1 N–H and O–H groups in total. The van der Waals surface area contributed by atoms with E-state index in [2.05, 4.69) is 10.2 Å². The summed E-state index contributed by atoms with van der Waals surface area (Å²) in [5.41, 5.74) is 0. The highest BCUT2D eigenvalue weighted by Gasteiger charge is 2.21. The zero-order chi connectivity index (χ0) is 12.9. The number of para-hydroxylation sites is 2. The van der Waals surface area contributed by atoms with Gasteiger partial charge in [-0.2, -0.15) is 0 Å². The summed E-state index contributed by atoms with van der Waals surface area (Å²) in [6.45, 7) is 5.97. The maximum atomic E-state index is 5.84. The number of ether oxygens (including phenoxy) is 3. The highest BCUT2D eigenvalue weighted by molar-refractivity contribution is 5.40. The minimum atomic E-state index is -0.0159. The first-order chi connectivity index (χ1) is 9.42. The van der Waals surface area contributed by atoms with Crippen molar-refractivity contribution in [3.63, 3.8) is 0 Å². The van der Waals surface area contributed by atoms with Crippen molar-refractivity contribution in [1.82, 2.24) is 10.2 Å². The second kappa shape index (κ2) is 6.23. The minimum absolute atomic E-state index is 0.0159. The van der Waals surface area contributed by atoms with Gasteiger partial charge in [0, 0.05) is 26.2 Å². The molecule has 0 aromatic heterocycles. The average Bonchev–Trinajstić information content (AvgIpc) is 2.48. The van der Waals surface area contributed by atoms with Gasteiger partial charge in [-0.1, -0.05) is 12.1 Å². The minimum Gasteiger partial charge on any atom is -0.486 e. The summed E-state index contributed by atoms with van der Waals surface area (Å²) >= 11 is 0. The molecule has 2 heterocycles. The molecule has 0 amide bonds. The van der Waals surface area contributed by atoms with Crippen molar-refractivity contribution in [2.45, 2.75) is 6.10 Å². The van der Waals surface area contributed by atoms with Gasteiger partial charge >= 0.3 is 0 Å². The van der Waals surface area contributed by atoms with Crippen LogP contribution in [0.4, 0.5) is 0 Å². The molecule has 19 heavy (non-hydrogen) atoms. The van der Waals surface area contributed by atoms with Gasteiger partial charge in [-0.15, -0.1) is 0 Å². The van der Waals surface area contributed by atoms with Gasteiger partial charge in [0.05, 0.1) is 13.3 Å². The van der Waals surface area contributed by atoms with Crippen molar-refractivity contribution in [2.75, 3.05) is 46.1 Å². The Balaban J connectivity index is 1.42. The fourth-order valence-corrected chi connectivity index (χ4v) is 2.30. The predicted octanol–water partition coefficient (Wildman–Crippen LogP) is 0.706. The standard InChI is InChI=1S/C14H20N2O3/c1-2-4-14-13(3-1)18-10-12(19-14)9-17-11-16-7-5-15-6-8-16/h1-4,12,15H,5-11H2. The van der Waals surface area contributed by atoms with Gasteiger partial charge in [0.25, 0.3) is 0 Å². The highest BCUT2D eigenvalue weighted by atomic mass is 16.6. The van der Waals surface area contributed by atoms with Crippen LogP contribution in [0.25, 0.3) is 0 Å². The van der Waals surface area contributed by atoms with Crippen molar-refractivity contribution >= 4 is 0 Å². The van der Waals surface area contributed by atoms with Crippen molar-refractivity contribution in [3.8, 4) is 11.5 Å². The Kier molecular flexibility index (Phi) is 4.17. The Hall–Kier alpha value is -1.30. The van der Waals surface area contributed by atoms with Crippen molar-refractivity contribution in [2.24, 2.45) is 0 Å². The fourth-order valence-electron chi connectivity index (χ4n) is 2.30. The van der Waals surface area contributed by atoms with E-state index < -0.39 is 0 Å². The van der Waals surface area contributed by atoms with Gasteiger partial charge in [0.1, 0.15) is 6.61 Å². The van der Waals surface area contributed by atoms with Crippen LogP contribution in [0.1, 0.15) is 0 Å². The lowest BCUT2D eigenvalue weighted by Crippen LogP contribution is -2.45. The van der Waals surface area contributed by atoms with E-state index in [0.717, 1.165) is 37.7 Å². The number of fused-ring (bicyclic) bond motifs is 1. The summed E-state index contributed by atoms with van der Waals surface area (Å²) < 4.78 is 17.2. The maximum Gasteiger partial charge on any atom is 0.161 e. The molecule has 2 aliphatic heterocycles. The molecule has 1 unspecified atom stereocenters. The van der Waals surface area contributed by atoms with Crippen LogP contribution in [0.15, 0.2) is 24.3 Å². The predicted molar refractivity (Wildman–Crippen MR) is 71.6 cm³/mol. The molecule has 1 aromatic carbocycles. The SMILES string of the molecule is c1ccc2c(c1)OCC(COCN1CCNCC1)O2. The first-order valence-corrected chi connectivity index (χ1v) is 6.81. The van der Waals surface area contributed by atoms with Crippen molar-refractivity contribution < 1.29 is 14.2 Å². The van der Waals surface area contributed by atoms with Gasteiger partial charge in [0.15, 0.2) is 17.6 Å². The smallest absolute Gasteiger partial charge is 0.161 e. The highest BCUT2D eigenvalue weighted by Crippen LogP contribution is 2.30. The number of benzene rings is 1. The van der Waals surface area contributed by atoms with Crippen LogP contribution >= 0.6 is 0 Å². The van der Waals surface area contributed by atoms with Crippen LogP contribution in [-0.2, 0) is 4.74 Å². The molecule has 104 valence electrons. The van der Waals surface area contributed by atoms with E-state index in [1.54, 1.807) is 0 Å². The number of nitrogens with zero attached hydrogens (tertiary/aromatic N) is 1. The summed E-state index contributed by atoms with van der Waals surface area (Å²) in [6, 6.07) is 7.75. The van der Waals surface area contributed by atoms with Gasteiger partial charge < -0.3 is 19.5 Å². The van der Waals surface area contributed by atoms with Crippen LogP contribution in [0, 0.1) is 0 Å². The van der Waals surface area contributed by atoms with Gasteiger partial charge in [-0.25, -0.2) is 0 Å². The molecule has 1 fully saturated rings. The molecular weight excluding hydrogens is 244 g/mol. The van der Waals surface area contributed by atoms with Gasteiger partial charge in [0.2, 0.25) is 0 Å². The van der Waals surface area contributed by atoms with Crippen LogP contribution in [0.3, 0.4) is 0 Å². The molecule has 2 aliphatic rings. The Morgan fingerprint density at radius 1 is 1.21 bits per heavy atom. The van der Waals surface area contributed by atoms with E-state index >= 15 is 0 Å². The Morgan fingerprint density at radius 3 is 2.84 bits per heavy atom. The first-order valence-electron chi connectivity index (χ1n) is 6.81. The van der Waals surface area contributed by atoms with Gasteiger partial charge in [-0.05, 0) is 12.1 Å². The molecule has 0 spiro atoms. The largest absolute Gasteiger partial charge is 0.486 e. The number of hydrogen-bond acceptors (Lipinski definition) is 5. The summed E-state index contributed by atoms with van der Waals surface area (Å²) in [7, 11) is 0. The van der Waals surface area contributed by atoms with E-state index in [-0.39, 0.29) is 6.10 Å². The Labute approximate surface area is 113 Å². The lowest BCUT2D eigenvalue weighted by molar-refractivity contribution is -0.0337. The third-order valence-electron chi connectivity index (χ3n) is 3.35. The van der Waals surface area contributed by atoms with E-state index in [1.807, 2.05) is 24.3 Å². The summed E-state index contributed by atoms with van der Waals surface area (Å²) in [6.07, 6.45) is -0.0159. The van der Waals surface area contributed by atoms with Crippen molar-refractivity contribution in [1.29, 1.82) is 0 Å². The molecular formula is C14H20N2O3. The average molecular weight is 264 g/mol. The maximum absolute atomic E-state index is 5.84.